The molecule has 1 amide bonds. The average Bonchev–Trinajstić information content (AvgIpc) is 2.60. The second-order valence-corrected chi connectivity index (χ2v) is 5.53. The summed E-state index contributed by atoms with van der Waals surface area (Å²) in [4.78, 5) is 27.2. The number of hydrogen-bond acceptors (Lipinski definition) is 3. The molecule has 0 spiro atoms. The number of fused-ring (bicyclic) bond motifs is 1. The molecule has 0 aliphatic heterocycles. The number of aromatic amines is 1. The molecule has 0 aliphatic carbocycles. The lowest BCUT2D eigenvalue weighted by molar-refractivity contribution is 0.0941. The number of hydrogen-bond donors (Lipinski definition) is 2. The number of carbonyl (C=O) groups is 1. The maximum atomic E-state index is 12.7. The molecule has 24 heavy (non-hydrogen) atoms. The molecular weight excluding hydrogens is 304 g/mol. The fourth-order valence-corrected chi connectivity index (χ4v) is 2.77. The third-order valence-corrected chi connectivity index (χ3v) is 3.95. The Morgan fingerprint density at radius 3 is 2.62 bits per heavy atom. The quantitative estimate of drug-likeness (QED) is 0.775. The zero-order chi connectivity index (χ0) is 17.1. The summed E-state index contributed by atoms with van der Waals surface area (Å²) in [6, 6.07) is 15.8. The minimum absolute atomic E-state index is 0.258. The molecule has 5 nitrogen and oxygen atoms in total. The summed E-state index contributed by atoms with van der Waals surface area (Å²) < 4.78 is 5.34. The van der Waals surface area contributed by atoms with Crippen LogP contribution < -0.4 is 15.6 Å². The topological polar surface area (TPSA) is 71.2 Å². The van der Waals surface area contributed by atoms with E-state index in [0.717, 1.165) is 5.56 Å². The van der Waals surface area contributed by atoms with Gasteiger partial charge >= 0.3 is 0 Å². The molecule has 5 heteroatoms. The first-order chi connectivity index (χ1) is 11.6. The summed E-state index contributed by atoms with van der Waals surface area (Å²) in [6.07, 6.45) is 0. The third kappa shape index (κ3) is 3.01. The van der Waals surface area contributed by atoms with Crippen LogP contribution in [0.5, 0.6) is 5.75 Å². The van der Waals surface area contributed by atoms with E-state index in [1.54, 1.807) is 13.2 Å². The Hall–Kier alpha value is -3.08. The first kappa shape index (κ1) is 15.8. The summed E-state index contributed by atoms with van der Waals surface area (Å²) in [5, 5.41) is 3.64. The van der Waals surface area contributed by atoms with Crippen LogP contribution in [0.15, 0.2) is 59.4 Å². The Morgan fingerprint density at radius 2 is 1.83 bits per heavy atom. The number of carbonyl (C=O) groups excluding carboxylic acids is 1. The van der Waals surface area contributed by atoms with E-state index in [-0.39, 0.29) is 17.5 Å². The van der Waals surface area contributed by atoms with Crippen molar-refractivity contribution in [1.29, 1.82) is 0 Å². The average molecular weight is 322 g/mol. The lowest BCUT2D eigenvalue weighted by atomic mass is 10.1. The molecule has 3 rings (SSSR count). The predicted octanol–water partition coefficient (Wildman–Crippen LogP) is 3.03. The van der Waals surface area contributed by atoms with Crippen LogP contribution in [0, 0.1) is 0 Å². The molecule has 122 valence electrons. The second kappa shape index (κ2) is 6.58. The number of aromatic nitrogens is 1. The van der Waals surface area contributed by atoms with Gasteiger partial charge in [0, 0.05) is 22.5 Å². The van der Waals surface area contributed by atoms with Gasteiger partial charge in [-0.25, -0.2) is 0 Å². The lowest BCUT2D eigenvalue weighted by Gasteiger charge is -2.17. The standard InChI is InChI=1S/C19H18N2O3/c1-12(13-7-4-6-10-17(13)24-2)20-19(23)15-11-18(22)21-16-9-5-3-8-14(15)16/h3-12H,1-2H3,(H,20,23)(H,21,22)/t12-/m1/s1. The Morgan fingerprint density at radius 1 is 1.12 bits per heavy atom. The highest BCUT2D eigenvalue weighted by Gasteiger charge is 2.17. The largest absolute Gasteiger partial charge is 0.496 e. The molecule has 3 aromatic rings. The van der Waals surface area contributed by atoms with Crippen LogP contribution >= 0.6 is 0 Å². The Bertz CT molecular complexity index is 946. The van der Waals surface area contributed by atoms with Gasteiger partial charge in [-0.2, -0.15) is 0 Å². The van der Waals surface area contributed by atoms with Crippen LogP contribution in [-0.4, -0.2) is 18.0 Å². The summed E-state index contributed by atoms with van der Waals surface area (Å²) in [5.74, 6) is 0.414. The Kier molecular flexibility index (Phi) is 4.33. The van der Waals surface area contributed by atoms with Gasteiger partial charge in [-0.1, -0.05) is 36.4 Å². The molecule has 0 saturated heterocycles. The van der Waals surface area contributed by atoms with Gasteiger partial charge in [0.25, 0.3) is 5.91 Å². The van der Waals surface area contributed by atoms with Gasteiger partial charge in [0.15, 0.2) is 0 Å². The van der Waals surface area contributed by atoms with E-state index in [2.05, 4.69) is 10.3 Å². The van der Waals surface area contributed by atoms with Crippen LogP contribution in [0.2, 0.25) is 0 Å². The predicted molar refractivity (Wildman–Crippen MR) is 93.4 cm³/mol. The molecule has 1 atom stereocenters. The van der Waals surface area contributed by atoms with Crippen molar-refractivity contribution in [1.82, 2.24) is 10.3 Å². The number of H-pyrrole nitrogens is 1. The monoisotopic (exact) mass is 322 g/mol. The van der Waals surface area contributed by atoms with Gasteiger partial charge in [-0.15, -0.1) is 0 Å². The van der Waals surface area contributed by atoms with E-state index in [9.17, 15) is 9.59 Å². The zero-order valence-electron chi connectivity index (χ0n) is 13.5. The van der Waals surface area contributed by atoms with Crippen molar-refractivity contribution in [3.8, 4) is 5.75 Å². The van der Waals surface area contributed by atoms with Gasteiger partial charge in [-0.05, 0) is 19.1 Å². The number of para-hydroxylation sites is 2. The van der Waals surface area contributed by atoms with Crippen molar-refractivity contribution >= 4 is 16.8 Å². The van der Waals surface area contributed by atoms with Crippen LogP contribution in [-0.2, 0) is 0 Å². The number of pyridine rings is 1. The number of rotatable bonds is 4. The first-order valence-corrected chi connectivity index (χ1v) is 7.66. The molecule has 0 saturated carbocycles. The smallest absolute Gasteiger partial charge is 0.252 e. The van der Waals surface area contributed by atoms with Gasteiger partial charge in [0.05, 0.1) is 18.7 Å². The molecule has 2 N–H and O–H groups in total. The van der Waals surface area contributed by atoms with E-state index in [1.807, 2.05) is 49.4 Å². The molecule has 0 aliphatic rings. The molecule has 0 radical (unpaired) electrons. The molecule has 0 fully saturated rings. The first-order valence-electron chi connectivity index (χ1n) is 7.66. The number of amides is 1. The summed E-state index contributed by atoms with van der Waals surface area (Å²) in [7, 11) is 1.59. The molecule has 0 bridgehead atoms. The Labute approximate surface area is 139 Å². The second-order valence-electron chi connectivity index (χ2n) is 5.53. The minimum Gasteiger partial charge on any atom is -0.496 e. The van der Waals surface area contributed by atoms with Crippen molar-refractivity contribution in [2.24, 2.45) is 0 Å². The van der Waals surface area contributed by atoms with Crippen LogP contribution in [0.4, 0.5) is 0 Å². The highest BCUT2D eigenvalue weighted by atomic mass is 16.5. The minimum atomic E-state index is -0.302. The third-order valence-electron chi connectivity index (χ3n) is 3.95. The summed E-state index contributed by atoms with van der Waals surface area (Å²) in [6.45, 7) is 1.88. The van der Waals surface area contributed by atoms with E-state index < -0.39 is 0 Å². The van der Waals surface area contributed by atoms with Crippen molar-refractivity contribution in [3.63, 3.8) is 0 Å². The number of ether oxygens (including phenoxy) is 1. The number of benzene rings is 2. The van der Waals surface area contributed by atoms with Crippen LogP contribution in [0.25, 0.3) is 10.9 Å². The summed E-state index contributed by atoms with van der Waals surface area (Å²) >= 11 is 0. The van der Waals surface area contributed by atoms with Gasteiger partial charge < -0.3 is 15.0 Å². The SMILES string of the molecule is COc1ccccc1[C@@H](C)NC(=O)c1cc(=O)[nH]c2ccccc12. The van der Waals surface area contributed by atoms with Crippen LogP contribution in [0.1, 0.15) is 28.9 Å². The summed E-state index contributed by atoms with van der Waals surface area (Å²) in [5.41, 5.74) is 1.57. The number of methoxy groups -OCH3 is 1. The maximum Gasteiger partial charge on any atom is 0.252 e. The van der Waals surface area contributed by atoms with E-state index >= 15 is 0 Å². The molecule has 1 aromatic heterocycles. The molecule has 0 unspecified atom stereocenters. The van der Waals surface area contributed by atoms with Gasteiger partial charge in [0.1, 0.15) is 5.75 Å². The highest BCUT2D eigenvalue weighted by Crippen LogP contribution is 2.25. The van der Waals surface area contributed by atoms with Gasteiger partial charge in [0.2, 0.25) is 5.56 Å². The van der Waals surface area contributed by atoms with E-state index in [0.29, 0.717) is 22.2 Å². The zero-order valence-corrected chi connectivity index (χ0v) is 13.5. The normalized spacial score (nSPS) is 11.9. The van der Waals surface area contributed by atoms with E-state index in [4.69, 9.17) is 4.74 Å². The molecule has 2 aromatic carbocycles. The van der Waals surface area contributed by atoms with Crippen LogP contribution in [0.3, 0.4) is 0 Å². The van der Waals surface area contributed by atoms with Crippen molar-refractivity contribution in [2.75, 3.05) is 7.11 Å². The lowest BCUT2D eigenvalue weighted by Crippen LogP contribution is -2.28. The van der Waals surface area contributed by atoms with Crippen molar-refractivity contribution in [3.05, 3.63) is 76.1 Å². The van der Waals surface area contributed by atoms with Gasteiger partial charge in [-0.3, -0.25) is 9.59 Å². The maximum absolute atomic E-state index is 12.7. The Balaban J connectivity index is 1.94. The van der Waals surface area contributed by atoms with E-state index in [1.165, 1.54) is 6.07 Å². The fraction of sp³-hybridized carbons (Fsp3) is 0.158. The van der Waals surface area contributed by atoms with Crippen molar-refractivity contribution in [2.45, 2.75) is 13.0 Å². The fourth-order valence-electron chi connectivity index (χ4n) is 2.77. The molecule has 1 heterocycles. The molecular formula is C19H18N2O3. The van der Waals surface area contributed by atoms with Crippen molar-refractivity contribution < 1.29 is 9.53 Å². The highest BCUT2D eigenvalue weighted by molar-refractivity contribution is 6.06. The number of nitrogens with one attached hydrogen (secondary N) is 2.